The van der Waals surface area contributed by atoms with E-state index >= 15 is 0 Å². The third-order valence-corrected chi connectivity index (χ3v) is 6.65. The van der Waals surface area contributed by atoms with E-state index in [-0.39, 0.29) is 11.9 Å². The Hall–Kier alpha value is -3.45. The van der Waals surface area contributed by atoms with Gasteiger partial charge in [0.25, 0.3) is 0 Å². The van der Waals surface area contributed by atoms with Crippen molar-refractivity contribution in [2.75, 3.05) is 44.2 Å². The maximum Gasteiger partial charge on any atom is 0.171 e. The third kappa shape index (κ3) is 4.12. The number of hydrogen-bond donors (Lipinski definition) is 0. The SMILES string of the molecule is Cc1ccc2c3c(ccc2n1)OCC(CN1CCCN(c2ccc4cc(F)ccc4n2)CC1)O3. The molecule has 1 atom stereocenters. The van der Waals surface area contributed by atoms with Crippen molar-refractivity contribution in [3.05, 3.63) is 66.1 Å². The van der Waals surface area contributed by atoms with E-state index in [2.05, 4.69) is 20.9 Å². The number of halogens is 1. The van der Waals surface area contributed by atoms with Crippen molar-refractivity contribution in [2.24, 2.45) is 0 Å². The van der Waals surface area contributed by atoms with Crippen molar-refractivity contribution in [3.63, 3.8) is 0 Å². The molecule has 34 heavy (non-hydrogen) atoms. The molecular formula is C27H27FN4O2. The van der Waals surface area contributed by atoms with Crippen molar-refractivity contribution >= 4 is 27.6 Å². The number of benzene rings is 2. The summed E-state index contributed by atoms with van der Waals surface area (Å²) >= 11 is 0. The van der Waals surface area contributed by atoms with Crippen LogP contribution < -0.4 is 14.4 Å². The van der Waals surface area contributed by atoms with Crippen LogP contribution in [-0.4, -0.2) is 60.3 Å². The second kappa shape index (κ2) is 8.72. The number of rotatable bonds is 3. The molecule has 4 aromatic rings. The van der Waals surface area contributed by atoms with Crippen LogP contribution in [0, 0.1) is 12.7 Å². The zero-order chi connectivity index (χ0) is 23.1. The molecule has 0 bridgehead atoms. The number of pyridine rings is 2. The van der Waals surface area contributed by atoms with Crippen molar-refractivity contribution in [1.29, 1.82) is 0 Å². The van der Waals surface area contributed by atoms with Crippen molar-refractivity contribution in [3.8, 4) is 11.5 Å². The van der Waals surface area contributed by atoms with E-state index in [4.69, 9.17) is 14.5 Å². The topological polar surface area (TPSA) is 50.7 Å². The van der Waals surface area contributed by atoms with Gasteiger partial charge in [0.2, 0.25) is 0 Å². The van der Waals surface area contributed by atoms with Gasteiger partial charge in [0, 0.05) is 49.2 Å². The molecule has 2 aliphatic rings. The summed E-state index contributed by atoms with van der Waals surface area (Å²) in [5.41, 5.74) is 2.74. The fraction of sp³-hybridized carbons (Fsp3) is 0.333. The number of anilines is 1. The molecule has 0 saturated carbocycles. The standard InChI is InChI=1S/C27H27FN4O2/c1-18-3-6-22-24(29-18)8-9-25-27(22)34-21(17-33-25)16-31-11-2-12-32(14-13-31)26-10-4-19-15-20(28)5-7-23(19)30-26/h3-10,15,21H,2,11-14,16-17H2,1H3. The van der Waals surface area contributed by atoms with Crippen molar-refractivity contribution in [1.82, 2.24) is 14.9 Å². The second-order valence-electron chi connectivity index (χ2n) is 9.11. The van der Waals surface area contributed by atoms with Gasteiger partial charge in [0.05, 0.1) is 11.0 Å². The molecule has 2 aromatic carbocycles. The van der Waals surface area contributed by atoms with E-state index in [0.717, 1.165) is 84.0 Å². The highest BCUT2D eigenvalue weighted by Gasteiger charge is 2.26. The van der Waals surface area contributed by atoms with E-state index in [1.165, 1.54) is 12.1 Å². The van der Waals surface area contributed by atoms with Gasteiger partial charge in [-0.1, -0.05) is 0 Å². The highest BCUT2D eigenvalue weighted by Crippen LogP contribution is 2.38. The predicted octanol–water partition coefficient (Wildman–Crippen LogP) is 4.58. The number of nitrogens with zero attached hydrogens (tertiary/aromatic N) is 4. The van der Waals surface area contributed by atoms with Crippen LogP contribution in [0.2, 0.25) is 0 Å². The molecule has 7 heteroatoms. The quantitative estimate of drug-likeness (QED) is 0.448. The fourth-order valence-electron chi connectivity index (χ4n) is 4.90. The molecule has 1 fully saturated rings. The van der Waals surface area contributed by atoms with Crippen molar-refractivity contribution in [2.45, 2.75) is 19.4 Å². The van der Waals surface area contributed by atoms with Crippen molar-refractivity contribution < 1.29 is 13.9 Å². The third-order valence-electron chi connectivity index (χ3n) is 6.65. The van der Waals surface area contributed by atoms with Crippen LogP contribution >= 0.6 is 0 Å². The van der Waals surface area contributed by atoms with Gasteiger partial charge in [0.1, 0.15) is 24.3 Å². The first kappa shape index (κ1) is 21.1. The highest BCUT2D eigenvalue weighted by atomic mass is 19.1. The maximum atomic E-state index is 13.5. The van der Waals surface area contributed by atoms with E-state index in [1.807, 2.05) is 37.3 Å². The Morgan fingerprint density at radius 2 is 1.85 bits per heavy atom. The molecule has 1 saturated heterocycles. The molecule has 6 nitrogen and oxygen atoms in total. The van der Waals surface area contributed by atoms with Gasteiger partial charge in [-0.05, 0) is 67.9 Å². The molecule has 0 radical (unpaired) electrons. The minimum absolute atomic E-state index is 0.0281. The largest absolute Gasteiger partial charge is 0.486 e. The first-order valence-electron chi connectivity index (χ1n) is 11.9. The molecule has 1 unspecified atom stereocenters. The van der Waals surface area contributed by atoms with Crippen LogP contribution in [0.5, 0.6) is 11.5 Å². The van der Waals surface area contributed by atoms with Crippen LogP contribution in [0.25, 0.3) is 21.8 Å². The highest BCUT2D eigenvalue weighted by molar-refractivity contribution is 5.88. The lowest BCUT2D eigenvalue weighted by atomic mass is 10.1. The van der Waals surface area contributed by atoms with Crippen LogP contribution in [0.4, 0.5) is 10.2 Å². The minimum Gasteiger partial charge on any atom is -0.486 e. The second-order valence-corrected chi connectivity index (χ2v) is 9.11. The van der Waals surface area contributed by atoms with Gasteiger partial charge < -0.3 is 14.4 Å². The molecule has 6 rings (SSSR count). The average Bonchev–Trinajstić information content (AvgIpc) is 3.09. The molecule has 2 aromatic heterocycles. The molecule has 2 aliphatic heterocycles. The molecule has 0 amide bonds. The van der Waals surface area contributed by atoms with Gasteiger partial charge in [-0.3, -0.25) is 9.88 Å². The Bertz CT molecular complexity index is 1360. The average molecular weight is 459 g/mol. The lowest BCUT2D eigenvalue weighted by Crippen LogP contribution is -2.42. The molecule has 0 aliphatic carbocycles. The predicted molar refractivity (Wildman–Crippen MR) is 131 cm³/mol. The summed E-state index contributed by atoms with van der Waals surface area (Å²) in [7, 11) is 0. The van der Waals surface area contributed by atoms with E-state index in [0.29, 0.717) is 6.61 Å². The fourth-order valence-corrected chi connectivity index (χ4v) is 4.90. The summed E-state index contributed by atoms with van der Waals surface area (Å²) in [4.78, 5) is 14.2. The summed E-state index contributed by atoms with van der Waals surface area (Å²) in [5, 5.41) is 1.82. The molecular weight excluding hydrogens is 431 g/mol. The number of aryl methyl sites for hydroxylation is 1. The summed E-state index contributed by atoms with van der Waals surface area (Å²) in [6, 6.07) is 16.7. The van der Waals surface area contributed by atoms with Crippen LogP contribution in [0.3, 0.4) is 0 Å². The van der Waals surface area contributed by atoms with Gasteiger partial charge in [-0.15, -0.1) is 0 Å². The molecule has 0 spiro atoms. The molecule has 174 valence electrons. The van der Waals surface area contributed by atoms with E-state index in [9.17, 15) is 4.39 Å². The summed E-state index contributed by atoms with van der Waals surface area (Å²) < 4.78 is 26.0. The number of fused-ring (bicyclic) bond motifs is 4. The van der Waals surface area contributed by atoms with Crippen LogP contribution in [0.1, 0.15) is 12.1 Å². The monoisotopic (exact) mass is 458 g/mol. The normalized spacial score (nSPS) is 18.9. The summed E-state index contributed by atoms with van der Waals surface area (Å²) in [5.74, 6) is 2.30. The number of ether oxygens (including phenoxy) is 2. The van der Waals surface area contributed by atoms with Gasteiger partial charge >= 0.3 is 0 Å². The first-order valence-corrected chi connectivity index (χ1v) is 11.9. The first-order chi connectivity index (χ1) is 16.6. The molecule has 4 heterocycles. The van der Waals surface area contributed by atoms with Crippen LogP contribution in [0.15, 0.2) is 54.6 Å². The minimum atomic E-state index is -0.233. The Morgan fingerprint density at radius 3 is 2.79 bits per heavy atom. The lowest BCUT2D eigenvalue weighted by molar-refractivity contribution is 0.0622. The summed E-state index contributed by atoms with van der Waals surface area (Å²) in [6.07, 6.45) is 1.01. The number of aromatic nitrogens is 2. The van der Waals surface area contributed by atoms with E-state index in [1.54, 1.807) is 6.07 Å². The van der Waals surface area contributed by atoms with E-state index < -0.39 is 0 Å². The zero-order valence-electron chi connectivity index (χ0n) is 19.2. The van der Waals surface area contributed by atoms with Gasteiger partial charge in [-0.2, -0.15) is 0 Å². The molecule has 0 N–H and O–H groups in total. The Morgan fingerprint density at radius 1 is 0.941 bits per heavy atom. The smallest absolute Gasteiger partial charge is 0.171 e. The lowest BCUT2D eigenvalue weighted by Gasteiger charge is -2.31. The van der Waals surface area contributed by atoms with Crippen LogP contribution in [-0.2, 0) is 0 Å². The Balaban J connectivity index is 1.13. The number of hydrogen-bond acceptors (Lipinski definition) is 6. The van der Waals surface area contributed by atoms with Gasteiger partial charge in [0.15, 0.2) is 11.5 Å². The maximum absolute atomic E-state index is 13.5. The summed E-state index contributed by atoms with van der Waals surface area (Å²) in [6.45, 7) is 7.10. The van der Waals surface area contributed by atoms with Gasteiger partial charge in [-0.25, -0.2) is 9.37 Å². The Kier molecular flexibility index (Phi) is 5.41. The zero-order valence-corrected chi connectivity index (χ0v) is 19.2. The Labute approximate surface area is 197 Å².